The minimum absolute atomic E-state index is 0.000959. The van der Waals surface area contributed by atoms with Crippen molar-refractivity contribution in [2.24, 2.45) is 0 Å². The molecule has 6 heteroatoms. The Balaban J connectivity index is 2.20. The van der Waals surface area contributed by atoms with E-state index in [-0.39, 0.29) is 12.3 Å². The number of hydrogen-bond acceptors (Lipinski definition) is 3. The fourth-order valence-electron chi connectivity index (χ4n) is 1.67. The summed E-state index contributed by atoms with van der Waals surface area (Å²) >= 11 is 9.40. The van der Waals surface area contributed by atoms with Crippen molar-refractivity contribution in [3.8, 4) is 5.75 Å². The van der Waals surface area contributed by atoms with E-state index < -0.39 is 4.92 Å². The Kier molecular flexibility index (Phi) is 4.62. The highest BCUT2D eigenvalue weighted by atomic mass is 79.9. The monoisotopic (exact) mass is 355 g/mol. The Morgan fingerprint density at radius 1 is 1.30 bits per heavy atom. The maximum Gasteiger partial charge on any atom is 0.269 e. The van der Waals surface area contributed by atoms with E-state index in [1.807, 2.05) is 25.1 Å². The SMILES string of the molecule is Cc1ccc(Br)cc1OCc1cc([N+](=O)[O-])ccc1Cl. The number of aryl methyl sites for hydroxylation is 1. The standard InChI is InChI=1S/C14H11BrClNO3/c1-9-2-3-11(15)7-14(9)20-8-10-6-12(17(18)19)4-5-13(10)16/h2-7H,8H2,1H3. The predicted molar refractivity (Wildman–Crippen MR) is 81.3 cm³/mol. The summed E-state index contributed by atoms with van der Waals surface area (Å²) < 4.78 is 6.59. The average Bonchev–Trinajstić information content (AvgIpc) is 2.41. The Hall–Kier alpha value is -1.59. The second-order valence-corrected chi connectivity index (χ2v) is 5.55. The molecule has 4 nitrogen and oxygen atoms in total. The van der Waals surface area contributed by atoms with Gasteiger partial charge in [-0.2, -0.15) is 0 Å². The van der Waals surface area contributed by atoms with Crippen molar-refractivity contribution in [3.63, 3.8) is 0 Å². The van der Waals surface area contributed by atoms with Crippen LogP contribution in [0.4, 0.5) is 5.69 Å². The summed E-state index contributed by atoms with van der Waals surface area (Å²) in [6, 6.07) is 10.00. The molecule has 0 saturated heterocycles. The lowest BCUT2D eigenvalue weighted by Crippen LogP contribution is -1.99. The molecule has 0 aliphatic heterocycles. The Labute approximate surface area is 129 Å². The first-order chi connectivity index (χ1) is 9.47. The molecule has 20 heavy (non-hydrogen) atoms. The van der Waals surface area contributed by atoms with Crippen LogP contribution < -0.4 is 4.74 Å². The van der Waals surface area contributed by atoms with Gasteiger partial charge in [-0.1, -0.05) is 33.6 Å². The summed E-state index contributed by atoms with van der Waals surface area (Å²) in [7, 11) is 0. The maximum absolute atomic E-state index is 10.8. The van der Waals surface area contributed by atoms with Crippen LogP contribution in [0.3, 0.4) is 0 Å². The number of nitro benzene ring substituents is 1. The first kappa shape index (κ1) is 14.8. The molecule has 2 aromatic rings. The molecule has 0 atom stereocenters. The number of nitro groups is 1. The lowest BCUT2D eigenvalue weighted by atomic mass is 10.2. The first-order valence-corrected chi connectivity index (χ1v) is 6.96. The van der Waals surface area contributed by atoms with Crippen molar-refractivity contribution in [2.75, 3.05) is 0 Å². The number of halogens is 2. The molecular weight excluding hydrogens is 346 g/mol. The summed E-state index contributed by atoms with van der Waals surface area (Å²) in [5.41, 5.74) is 1.56. The molecule has 2 aromatic carbocycles. The number of benzene rings is 2. The van der Waals surface area contributed by atoms with Crippen molar-refractivity contribution < 1.29 is 9.66 Å². The summed E-state index contributed by atoms with van der Waals surface area (Å²) in [6.45, 7) is 2.11. The molecule has 2 rings (SSSR count). The number of ether oxygens (including phenoxy) is 1. The molecule has 0 bridgehead atoms. The van der Waals surface area contributed by atoms with E-state index in [4.69, 9.17) is 16.3 Å². The van der Waals surface area contributed by atoms with Gasteiger partial charge in [0.25, 0.3) is 5.69 Å². The number of hydrogen-bond donors (Lipinski definition) is 0. The molecular formula is C14H11BrClNO3. The van der Waals surface area contributed by atoms with Crippen LogP contribution in [-0.4, -0.2) is 4.92 Å². The molecule has 0 unspecified atom stereocenters. The predicted octanol–water partition coefficient (Wildman–Crippen LogP) is 4.90. The zero-order valence-corrected chi connectivity index (χ0v) is 12.9. The lowest BCUT2D eigenvalue weighted by Gasteiger charge is -2.10. The van der Waals surface area contributed by atoms with Crippen molar-refractivity contribution in [1.82, 2.24) is 0 Å². The fraction of sp³-hybridized carbons (Fsp3) is 0.143. The van der Waals surface area contributed by atoms with Gasteiger partial charge in [-0.3, -0.25) is 10.1 Å². The number of nitrogens with zero attached hydrogens (tertiary/aromatic N) is 1. The second kappa shape index (κ2) is 6.24. The van der Waals surface area contributed by atoms with Crippen LogP contribution in [0.15, 0.2) is 40.9 Å². The van der Waals surface area contributed by atoms with Gasteiger partial charge in [0, 0.05) is 27.2 Å². The molecule has 0 aliphatic carbocycles. The molecule has 0 fully saturated rings. The minimum atomic E-state index is -0.454. The van der Waals surface area contributed by atoms with E-state index in [0.717, 1.165) is 10.0 Å². The summed E-state index contributed by atoms with van der Waals surface area (Å²) in [5, 5.41) is 11.2. The van der Waals surface area contributed by atoms with Gasteiger partial charge in [-0.25, -0.2) is 0 Å². The van der Waals surface area contributed by atoms with E-state index in [0.29, 0.717) is 16.3 Å². The Morgan fingerprint density at radius 2 is 2.05 bits per heavy atom. The molecule has 0 amide bonds. The third-order valence-electron chi connectivity index (χ3n) is 2.77. The van der Waals surface area contributed by atoms with E-state index in [1.165, 1.54) is 18.2 Å². The van der Waals surface area contributed by atoms with Gasteiger partial charge in [0.1, 0.15) is 12.4 Å². The van der Waals surface area contributed by atoms with Crippen LogP contribution >= 0.6 is 27.5 Å². The number of non-ortho nitro benzene ring substituents is 1. The van der Waals surface area contributed by atoms with E-state index in [1.54, 1.807) is 0 Å². The summed E-state index contributed by atoms with van der Waals surface area (Å²) in [5.74, 6) is 0.710. The zero-order valence-electron chi connectivity index (χ0n) is 10.6. The molecule has 0 saturated carbocycles. The molecule has 0 aliphatic rings. The van der Waals surface area contributed by atoms with Gasteiger partial charge in [0.15, 0.2) is 0 Å². The molecule has 104 valence electrons. The van der Waals surface area contributed by atoms with E-state index >= 15 is 0 Å². The van der Waals surface area contributed by atoms with Crippen LogP contribution in [-0.2, 0) is 6.61 Å². The molecule has 0 radical (unpaired) electrons. The van der Waals surface area contributed by atoms with Crippen molar-refractivity contribution in [2.45, 2.75) is 13.5 Å². The lowest BCUT2D eigenvalue weighted by molar-refractivity contribution is -0.384. The second-order valence-electron chi connectivity index (χ2n) is 4.23. The maximum atomic E-state index is 10.8. The quantitative estimate of drug-likeness (QED) is 0.578. The van der Waals surface area contributed by atoms with Gasteiger partial charge in [-0.15, -0.1) is 0 Å². The summed E-state index contributed by atoms with van der Waals surface area (Å²) in [4.78, 5) is 10.3. The smallest absolute Gasteiger partial charge is 0.269 e. The van der Waals surface area contributed by atoms with Gasteiger partial charge in [0.05, 0.1) is 4.92 Å². The number of rotatable bonds is 4. The highest BCUT2D eigenvalue weighted by Gasteiger charge is 2.11. The molecule has 0 N–H and O–H groups in total. The summed E-state index contributed by atoms with van der Waals surface area (Å²) in [6.07, 6.45) is 0. The molecule has 0 aromatic heterocycles. The Bertz CT molecular complexity index is 661. The average molecular weight is 357 g/mol. The first-order valence-electron chi connectivity index (χ1n) is 5.79. The third-order valence-corrected chi connectivity index (χ3v) is 3.64. The molecule has 0 spiro atoms. The van der Waals surface area contributed by atoms with Crippen LogP contribution in [0.25, 0.3) is 0 Å². The van der Waals surface area contributed by atoms with Gasteiger partial charge in [0.2, 0.25) is 0 Å². The van der Waals surface area contributed by atoms with Crippen molar-refractivity contribution in [1.29, 1.82) is 0 Å². The molecule has 0 heterocycles. The fourth-order valence-corrected chi connectivity index (χ4v) is 2.18. The third kappa shape index (κ3) is 3.49. The highest BCUT2D eigenvalue weighted by molar-refractivity contribution is 9.10. The normalized spacial score (nSPS) is 10.3. The van der Waals surface area contributed by atoms with Crippen molar-refractivity contribution >= 4 is 33.2 Å². The Morgan fingerprint density at radius 3 is 2.75 bits per heavy atom. The highest BCUT2D eigenvalue weighted by Crippen LogP contribution is 2.26. The topological polar surface area (TPSA) is 52.4 Å². The van der Waals surface area contributed by atoms with Gasteiger partial charge >= 0.3 is 0 Å². The van der Waals surface area contributed by atoms with Crippen LogP contribution in [0.2, 0.25) is 5.02 Å². The van der Waals surface area contributed by atoms with Crippen LogP contribution in [0.5, 0.6) is 5.75 Å². The van der Waals surface area contributed by atoms with Crippen LogP contribution in [0.1, 0.15) is 11.1 Å². The van der Waals surface area contributed by atoms with E-state index in [9.17, 15) is 10.1 Å². The minimum Gasteiger partial charge on any atom is -0.489 e. The van der Waals surface area contributed by atoms with Crippen LogP contribution in [0, 0.1) is 17.0 Å². The van der Waals surface area contributed by atoms with Gasteiger partial charge < -0.3 is 4.74 Å². The van der Waals surface area contributed by atoms with E-state index in [2.05, 4.69) is 15.9 Å². The van der Waals surface area contributed by atoms with Gasteiger partial charge in [-0.05, 0) is 30.7 Å². The zero-order chi connectivity index (χ0) is 14.7. The largest absolute Gasteiger partial charge is 0.489 e. The van der Waals surface area contributed by atoms with Crippen molar-refractivity contribution in [3.05, 3.63) is 67.1 Å².